The number of aromatic nitrogens is 1. The van der Waals surface area contributed by atoms with E-state index in [1.807, 2.05) is 42.5 Å². The molecular weight excluding hydrogens is 422 g/mol. The number of amides is 2. The number of hydrogen-bond acceptors (Lipinski definition) is 6. The molecule has 2 heterocycles. The minimum Gasteiger partial charge on any atom is -0.272 e. The molecule has 9 heteroatoms. The Bertz CT molecular complexity index is 977. The fourth-order valence-corrected chi connectivity index (χ4v) is 5.82. The molecule has 0 spiro atoms. The number of thiazole rings is 1. The van der Waals surface area contributed by atoms with Crippen molar-refractivity contribution in [1.29, 1.82) is 0 Å². The van der Waals surface area contributed by atoms with Gasteiger partial charge in [-0.1, -0.05) is 47.6 Å². The lowest BCUT2D eigenvalue weighted by Gasteiger charge is -2.24. The van der Waals surface area contributed by atoms with Gasteiger partial charge in [0, 0.05) is 5.02 Å². The third kappa shape index (κ3) is 4.24. The molecule has 0 aliphatic carbocycles. The molecule has 27 heavy (non-hydrogen) atoms. The summed E-state index contributed by atoms with van der Waals surface area (Å²) in [5.74, 6) is 0.157. The van der Waals surface area contributed by atoms with Crippen LogP contribution in [0.4, 0.5) is 0 Å². The smallest absolute Gasteiger partial charge is 0.252 e. The SMILES string of the molecule is O=C(CSc1nc2ccccc2s1)NN1C(=O)CSC1c1cccc(Cl)c1. The van der Waals surface area contributed by atoms with Crippen LogP contribution in [0.5, 0.6) is 0 Å². The second kappa shape index (κ2) is 8.10. The van der Waals surface area contributed by atoms with Gasteiger partial charge >= 0.3 is 0 Å². The minimum atomic E-state index is -0.271. The highest BCUT2D eigenvalue weighted by atomic mass is 35.5. The lowest BCUT2D eigenvalue weighted by molar-refractivity contribution is -0.138. The first-order chi connectivity index (χ1) is 13.1. The van der Waals surface area contributed by atoms with Crippen LogP contribution in [-0.4, -0.2) is 33.3 Å². The van der Waals surface area contributed by atoms with Crippen LogP contribution >= 0.6 is 46.5 Å². The van der Waals surface area contributed by atoms with Crippen LogP contribution in [0.15, 0.2) is 52.9 Å². The molecule has 1 aromatic heterocycles. The summed E-state index contributed by atoms with van der Waals surface area (Å²) in [6.07, 6.45) is 0. The fraction of sp³-hybridized carbons (Fsp3) is 0.167. The monoisotopic (exact) mass is 435 g/mol. The molecule has 2 amide bonds. The van der Waals surface area contributed by atoms with Gasteiger partial charge in [-0.3, -0.25) is 15.0 Å². The van der Waals surface area contributed by atoms with E-state index in [0.717, 1.165) is 20.1 Å². The molecule has 0 saturated carbocycles. The maximum Gasteiger partial charge on any atom is 0.252 e. The predicted octanol–water partition coefficient (Wildman–Crippen LogP) is 4.35. The van der Waals surface area contributed by atoms with Crippen LogP contribution in [0.3, 0.4) is 0 Å². The highest BCUT2D eigenvalue weighted by Gasteiger charge is 2.34. The average Bonchev–Trinajstić information content (AvgIpc) is 3.23. The molecule has 1 atom stereocenters. The quantitative estimate of drug-likeness (QED) is 0.604. The van der Waals surface area contributed by atoms with Crippen molar-refractivity contribution in [3.05, 3.63) is 59.1 Å². The van der Waals surface area contributed by atoms with E-state index in [9.17, 15) is 9.59 Å². The fourth-order valence-electron chi connectivity index (χ4n) is 2.66. The van der Waals surface area contributed by atoms with Gasteiger partial charge in [-0.2, -0.15) is 0 Å². The largest absolute Gasteiger partial charge is 0.272 e. The zero-order valence-corrected chi connectivity index (χ0v) is 17.1. The van der Waals surface area contributed by atoms with E-state index < -0.39 is 0 Å². The van der Waals surface area contributed by atoms with Gasteiger partial charge < -0.3 is 0 Å². The normalized spacial score (nSPS) is 16.9. The number of halogens is 1. The first kappa shape index (κ1) is 18.6. The number of nitrogens with one attached hydrogen (secondary N) is 1. The maximum atomic E-state index is 12.4. The zero-order valence-electron chi connectivity index (χ0n) is 13.9. The van der Waals surface area contributed by atoms with Gasteiger partial charge in [-0.25, -0.2) is 9.99 Å². The van der Waals surface area contributed by atoms with E-state index in [0.29, 0.717) is 10.8 Å². The van der Waals surface area contributed by atoms with Gasteiger partial charge in [0.15, 0.2) is 4.34 Å². The molecule has 1 fully saturated rings. The molecular formula is C18H14ClN3O2S3. The predicted molar refractivity (Wildman–Crippen MR) is 112 cm³/mol. The van der Waals surface area contributed by atoms with E-state index >= 15 is 0 Å². The summed E-state index contributed by atoms with van der Waals surface area (Å²) in [6, 6.07) is 15.2. The molecule has 3 aromatic rings. The number of thioether (sulfide) groups is 2. The van der Waals surface area contributed by atoms with Gasteiger partial charge in [0.25, 0.3) is 5.91 Å². The van der Waals surface area contributed by atoms with Crippen molar-refractivity contribution in [3.8, 4) is 0 Å². The zero-order chi connectivity index (χ0) is 18.8. The number of nitrogens with zero attached hydrogens (tertiary/aromatic N) is 2. The van der Waals surface area contributed by atoms with Crippen LogP contribution in [-0.2, 0) is 9.59 Å². The Morgan fingerprint density at radius 3 is 2.96 bits per heavy atom. The van der Waals surface area contributed by atoms with Gasteiger partial charge in [-0.05, 0) is 29.8 Å². The molecule has 4 rings (SSSR count). The number of hydrogen-bond donors (Lipinski definition) is 1. The first-order valence-corrected chi connectivity index (χ1v) is 11.3. The Kier molecular flexibility index (Phi) is 5.58. The summed E-state index contributed by atoms with van der Waals surface area (Å²) in [5.41, 5.74) is 4.55. The van der Waals surface area contributed by atoms with Crippen LogP contribution in [0.1, 0.15) is 10.9 Å². The number of carbonyl (C=O) groups is 2. The van der Waals surface area contributed by atoms with Crippen molar-refractivity contribution >= 4 is 68.5 Å². The number of hydrazine groups is 1. The van der Waals surface area contributed by atoms with Crippen molar-refractivity contribution in [2.24, 2.45) is 0 Å². The van der Waals surface area contributed by atoms with Crippen molar-refractivity contribution in [2.45, 2.75) is 9.71 Å². The average molecular weight is 436 g/mol. The highest BCUT2D eigenvalue weighted by molar-refractivity contribution is 8.01. The van der Waals surface area contributed by atoms with Crippen molar-refractivity contribution < 1.29 is 9.59 Å². The molecule has 1 N–H and O–H groups in total. The van der Waals surface area contributed by atoms with E-state index in [2.05, 4.69) is 10.4 Å². The van der Waals surface area contributed by atoms with E-state index in [1.165, 1.54) is 28.5 Å². The summed E-state index contributed by atoms with van der Waals surface area (Å²) < 4.78 is 1.92. The van der Waals surface area contributed by atoms with Gasteiger partial charge in [-0.15, -0.1) is 23.1 Å². The number of para-hydroxylation sites is 1. The Hall–Kier alpha value is -1.74. The summed E-state index contributed by atoms with van der Waals surface area (Å²) in [5, 5.41) is 1.73. The number of fused-ring (bicyclic) bond motifs is 1. The third-order valence-electron chi connectivity index (χ3n) is 3.85. The molecule has 1 aliphatic rings. The third-order valence-corrected chi connectivity index (χ3v) is 7.47. The second-order valence-corrected chi connectivity index (χ2v) is 9.51. The number of benzene rings is 2. The summed E-state index contributed by atoms with van der Waals surface area (Å²) in [6.45, 7) is 0. The second-order valence-electron chi connectivity index (χ2n) is 5.75. The van der Waals surface area contributed by atoms with Crippen LogP contribution in [0.25, 0.3) is 10.2 Å². The summed E-state index contributed by atoms with van der Waals surface area (Å²) >= 11 is 10.4. The van der Waals surface area contributed by atoms with Crippen LogP contribution in [0.2, 0.25) is 5.02 Å². The van der Waals surface area contributed by atoms with Crippen LogP contribution in [0, 0.1) is 0 Å². The Labute approximate surface area is 173 Å². The molecule has 1 saturated heterocycles. The lowest BCUT2D eigenvalue weighted by Crippen LogP contribution is -2.45. The van der Waals surface area contributed by atoms with Gasteiger partial charge in [0.1, 0.15) is 5.37 Å². The minimum absolute atomic E-state index is 0.122. The van der Waals surface area contributed by atoms with E-state index in [4.69, 9.17) is 11.6 Å². The van der Waals surface area contributed by atoms with Crippen molar-refractivity contribution in [2.75, 3.05) is 11.5 Å². The number of rotatable bonds is 5. The van der Waals surface area contributed by atoms with Crippen molar-refractivity contribution in [3.63, 3.8) is 0 Å². The van der Waals surface area contributed by atoms with Crippen LogP contribution < -0.4 is 5.43 Å². The standard InChI is InChI=1S/C18H14ClN3O2S3/c19-12-5-3-4-11(8-12)17-22(16(24)10-25-17)21-15(23)9-26-18-20-13-6-1-2-7-14(13)27-18/h1-8,17H,9-10H2,(H,21,23). The molecule has 1 aliphatic heterocycles. The molecule has 0 bridgehead atoms. The van der Waals surface area contributed by atoms with Gasteiger partial charge in [0.2, 0.25) is 5.91 Å². The molecule has 138 valence electrons. The summed E-state index contributed by atoms with van der Waals surface area (Å²) in [7, 11) is 0. The van der Waals surface area contributed by atoms with Gasteiger partial charge in [0.05, 0.1) is 21.7 Å². The lowest BCUT2D eigenvalue weighted by atomic mass is 10.2. The number of carbonyl (C=O) groups excluding carboxylic acids is 2. The molecule has 1 unspecified atom stereocenters. The Morgan fingerprint density at radius 2 is 2.15 bits per heavy atom. The molecule has 2 aromatic carbocycles. The Morgan fingerprint density at radius 1 is 1.30 bits per heavy atom. The molecule has 0 radical (unpaired) electrons. The highest BCUT2D eigenvalue weighted by Crippen LogP contribution is 2.38. The maximum absolute atomic E-state index is 12.4. The van der Waals surface area contributed by atoms with E-state index in [-0.39, 0.29) is 22.9 Å². The topological polar surface area (TPSA) is 62.3 Å². The van der Waals surface area contributed by atoms with E-state index in [1.54, 1.807) is 17.4 Å². The summed E-state index contributed by atoms with van der Waals surface area (Å²) in [4.78, 5) is 29.1. The Balaban J connectivity index is 1.40. The first-order valence-electron chi connectivity index (χ1n) is 8.07. The molecule has 5 nitrogen and oxygen atoms in total. The van der Waals surface area contributed by atoms with Crippen molar-refractivity contribution in [1.82, 2.24) is 15.4 Å².